The van der Waals surface area contributed by atoms with E-state index in [0.717, 1.165) is 18.4 Å². The zero-order valence-corrected chi connectivity index (χ0v) is 20.7. The highest BCUT2D eigenvalue weighted by molar-refractivity contribution is 7.89. The molecule has 1 fully saturated rings. The summed E-state index contributed by atoms with van der Waals surface area (Å²) >= 11 is 0. The molecule has 0 bridgehead atoms. The van der Waals surface area contributed by atoms with E-state index in [0.29, 0.717) is 30.9 Å². The molecule has 0 aliphatic carbocycles. The van der Waals surface area contributed by atoms with Crippen LogP contribution >= 0.6 is 0 Å². The van der Waals surface area contributed by atoms with Crippen LogP contribution in [0.2, 0.25) is 0 Å². The Balaban J connectivity index is 1.51. The highest BCUT2D eigenvalue weighted by Gasteiger charge is 2.34. The number of carbonyl (C=O) groups is 1. The summed E-state index contributed by atoms with van der Waals surface area (Å²) < 4.78 is 38.0. The van der Waals surface area contributed by atoms with Gasteiger partial charge in [0.1, 0.15) is 6.07 Å². The van der Waals surface area contributed by atoms with Crippen LogP contribution in [-0.4, -0.2) is 64.4 Å². The minimum absolute atomic E-state index is 0.0227. The Bertz CT molecular complexity index is 1150. The van der Waals surface area contributed by atoms with E-state index in [1.54, 1.807) is 38.3 Å². The summed E-state index contributed by atoms with van der Waals surface area (Å²) in [7, 11) is 1.24. The Morgan fingerprint density at radius 2 is 1.79 bits per heavy atom. The Morgan fingerprint density at radius 1 is 1.12 bits per heavy atom. The number of amides is 1. The average molecular weight is 486 g/mol. The molecule has 3 rings (SSSR count). The summed E-state index contributed by atoms with van der Waals surface area (Å²) in [5.74, 6) is 1.21. The maximum atomic E-state index is 13.0. The van der Waals surface area contributed by atoms with Crippen molar-refractivity contribution in [1.82, 2.24) is 9.21 Å². The molecule has 1 aliphatic rings. The van der Waals surface area contributed by atoms with E-state index in [1.807, 2.05) is 24.3 Å². The summed E-state index contributed by atoms with van der Waals surface area (Å²) in [5, 5.41) is 9.25. The molecule has 1 heterocycles. The number of nitrogens with zero attached hydrogens (tertiary/aromatic N) is 3. The van der Waals surface area contributed by atoms with E-state index < -0.39 is 10.0 Å². The van der Waals surface area contributed by atoms with Crippen LogP contribution in [-0.2, 0) is 21.2 Å². The van der Waals surface area contributed by atoms with Gasteiger partial charge in [0, 0.05) is 32.6 Å². The molecule has 0 spiro atoms. The lowest BCUT2D eigenvalue weighted by molar-refractivity contribution is -0.135. The highest BCUT2D eigenvalue weighted by Crippen LogP contribution is 2.29. The third-order valence-electron chi connectivity index (χ3n) is 6.21. The smallest absolute Gasteiger partial charge is 0.244 e. The monoisotopic (exact) mass is 485 g/mol. The summed E-state index contributed by atoms with van der Waals surface area (Å²) in [6.45, 7) is 1.14. The molecule has 0 aromatic heterocycles. The molecule has 2 aromatic rings. The number of aryl methyl sites for hydroxylation is 1. The summed E-state index contributed by atoms with van der Waals surface area (Å²) in [4.78, 5) is 14.7. The third-order valence-corrected chi connectivity index (χ3v) is 8.17. The largest absolute Gasteiger partial charge is 0.493 e. The number of hydrogen-bond acceptors (Lipinski definition) is 6. The van der Waals surface area contributed by atoms with Gasteiger partial charge in [-0.15, -0.1) is 0 Å². The first kappa shape index (κ1) is 25.5. The van der Waals surface area contributed by atoms with Crippen LogP contribution in [0.4, 0.5) is 0 Å². The van der Waals surface area contributed by atoms with E-state index in [1.165, 1.54) is 16.4 Å². The molecule has 1 saturated heterocycles. The van der Waals surface area contributed by atoms with Gasteiger partial charge < -0.3 is 14.4 Å². The van der Waals surface area contributed by atoms with Gasteiger partial charge in [0.05, 0.1) is 24.7 Å². The number of ether oxygens (including phenoxy) is 2. The lowest BCUT2D eigenvalue weighted by Gasteiger charge is -2.32. The molecule has 0 radical (unpaired) electrons. The number of nitriles is 1. The van der Waals surface area contributed by atoms with E-state index in [9.17, 15) is 18.5 Å². The van der Waals surface area contributed by atoms with Gasteiger partial charge in [-0.1, -0.05) is 18.2 Å². The van der Waals surface area contributed by atoms with Crippen LogP contribution in [0.25, 0.3) is 0 Å². The molecule has 2 aromatic carbocycles. The van der Waals surface area contributed by atoms with Crippen LogP contribution in [0.1, 0.15) is 30.4 Å². The second kappa shape index (κ2) is 11.4. The van der Waals surface area contributed by atoms with Crippen molar-refractivity contribution < 1.29 is 22.7 Å². The van der Waals surface area contributed by atoms with Gasteiger partial charge in [0.2, 0.25) is 15.9 Å². The second-order valence-corrected chi connectivity index (χ2v) is 10.2. The van der Waals surface area contributed by atoms with Gasteiger partial charge in [-0.05, 0) is 55.5 Å². The van der Waals surface area contributed by atoms with Crippen LogP contribution in [0.15, 0.2) is 47.4 Å². The Labute approximate surface area is 201 Å². The third kappa shape index (κ3) is 5.69. The maximum absolute atomic E-state index is 13.0. The number of hydrogen-bond donors (Lipinski definition) is 0. The fourth-order valence-electron chi connectivity index (χ4n) is 4.24. The van der Waals surface area contributed by atoms with Crippen LogP contribution in [0.3, 0.4) is 0 Å². The average Bonchev–Trinajstić information content (AvgIpc) is 2.88. The first-order valence-electron chi connectivity index (χ1n) is 11.3. The molecular weight excluding hydrogens is 454 g/mol. The van der Waals surface area contributed by atoms with Gasteiger partial charge in [0.25, 0.3) is 0 Å². The Hall–Kier alpha value is -3.09. The fourth-order valence-corrected chi connectivity index (χ4v) is 5.86. The molecule has 0 N–H and O–H groups in total. The lowest BCUT2D eigenvalue weighted by atomic mass is 9.96. The Morgan fingerprint density at radius 3 is 2.44 bits per heavy atom. The molecule has 0 unspecified atom stereocenters. The van der Waals surface area contributed by atoms with Crippen molar-refractivity contribution in [1.29, 1.82) is 5.26 Å². The van der Waals surface area contributed by atoms with Crippen LogP contribution < -0.4 is 9.47 Å². The summed E-state index contributed by atoms with van der Waals surface area (Å²) in [6.07, 6.45) is 2.53. The van der Waals surface area contributed by atoms with Crippen molar-refractivity contribution in [2.75, 3.05) is 40.9 Å². The molecule has 9 heteroatoms. The van der Waals surface area contributed by atoms with Crippen molar-refractivity contribution in [3.8, 4) is 17.6 Å². The van der Waals surface area contributed by atoms with Crippen molar-refractivity contribution >= 4 is 15.9 Å². The number of methoxy groups -OCH3 is 2. The molecule has 8 nitrogen and oxygen atoms in total. The SMILES string of the molecule is COc1ccc(CCCN(C)C(=O)C2CCN(S(=O)(=O)c3ccccc3C#N)CC2)cc1OC. The molecule has 182 valence electrons. The van der Waals surface area contributed by atoms with Crippen molar-refractivity contribution in [2.45, 2.75) is 30.6 Å². The first-order valence-corrected chi connectivity index (χ1v) is 12.7. The van der Waals surface area contributed by atoms with Crippen molar-refractivity contribution in [3.05, 3.63) is 53.6 Å². The quantitative estimate of drug-likeness (QED) is 0.541. The minimum atomic E-state index is -3.76. The van der Waals surface area contributed by atoms with Gasteiger partial charge in [-0.3, -0.25) is 4.79 Å². The van der Waals surface area contributed by atoms with E-state index in [-0.39, 0.29) is 35.4 Å². The Kier molecular flexibility index (Phi) is 8.53. The minimum Gasteiger partial charge on any atom is -0.493 e. The number of carbonyl (C=O) groups excluding carboxylic acids is 1. The van der Waals surface area contributed by atoms with Gasteiger partial charge in [-0.2, -0.15) is 9.57 Å². The van der Waals surface area contributed by atoms with Crippen molar-refractivity contribution in [2.24, 2.45) is 5.92 Å². The first-order chi connectivity index (χ1) is 16.3. The predicted molar refractivity (Wildman–Crippen MR) is 128 cm³/mol. The van der Waals surface area contributed by atoms with Crippen molar-refractivity contribution in [3.63, 3.8) is 0 Å². The standard InChI is InChI=1S/C25H31N3O5S/c1-27(14-6-7-19-10-11-22(32-2)23(17-19)33-3)25(29)20-12-15-28(16-13-20)34(30,31)24-9-5-4-8-21(24)18-26/h4-5,8-11,17,20H,6-7,12-16H2,1-3H3. The highest BCUT2D eigenvalue weighted by atomic mass is 32.2. The lowest BCUT2D eigenvalue weighted by Crippen LogP contribution is -2.43. The molecule has 1 amide bonds. The summed E-state index contributed by atoms with van der Waals surface area (Å²) in [5.41, 5.74) is 1.24. The fraction of sp³-hybridized carbons (Fsp3) is 0.440. The zero-order valence-electron chi connectivity index (χ0n) is 19.9. The molecule has 0 atom stereocenters. The number of rotatable bonds is 9. The van der Waals surface area contributed by atoms with Crippen LogP contribution in [0, 0.1) is 17.2 Å². The molecule has 0 saturated carbocycles. The van der Waals surface area contributed by atoms with E-state index >= 15 is 0 Å². The second-order valence-electron chi connectivity index (χ2n) is 8.34. The number of piperidine rings is 1. The van der Waals surface area contributed by atoms with Crippen LogP contribution in [0.5, 0.6) is 11.5 Å². The van der Waals surface area contributed by atoms with Gasteiger partial charge >= 0.3 is 0 Å². The molecule has 1 aliphatic heterocycles. The normalized spacial score (nSPS) is 14.9. The maximum Gasteiger partial charge on any atom is 0.244 e. The summed E-state index contributed by atoms with van der Waals surface area (Å²) in [6, 6.07) is 14.0. The zero-order chi connectivity index (χ0) is 24.7. The van der Waals surface area contributed by atoms with Gasteiger partial charge in [0.15, 0.2) is 11.5 Å². The molecule has 34 heavy (non-hydrogen) atoms. The molecular formula is C25H31N3O5S. The van der Waals surface area contributed by atoms with E-state index in [2.05, 4.69) is 0 Å². The predicted octanol–water partition coefficient (Wildman–Crippen LogP) is 3.07. The topological polar surface area (TPSA) is 99.9 Å². The number of benzene rings is 2. The number of sulfonamides is 1. The van der Waals surface area contributed by atoms with E-state index in [4.69, 9.17) is 9.47 Å². The van der Waals surface area contributed by atoms with Gasteiger partial charge in [-0.25, -0.2) is 8.42 Å².